The fourth-order valence-corrected chi connectivity index (χ4v) is 2.72. The van der Waals surface area contributed by atoms with Gasteiger partial charge in [-0.3, -0.25) is 4.79 Å². The first-order valence-corrected chi connectivity index (χ1v) is 7.70. The summed E-state index contributed by atoms with van der Waals surface area (Å²) < 4.78 is 32.2. The number of halogens is 3. The highest BCUT2D eigenvalue weighted by molar-refractivity contribution is 9.10. The normalized spacial score (nSPS) is 11.9. The van der Waals surface area contributed by atoms with Gasteiger partial charge in [0.25, 0.3) is 5.91 Å². The Labute approximate surface area is 142 Å². The Hall–Kier alpha value is -1.95. The molecule has 0 aliphatic rings. The molecule has 1 atom stereocenters. The van der Waals surface area contributed by atoms with E-state index < -0.39 is 17.7 Å². The van der Waals surface area contributed by atoms with Gasteiger partial charge in [-0.1, -0.05) is 6.07 Å². The summed E-state index contributed by atoms with van der Waals surface area (Å²) in [5.41, 5.74) is 0.988. The average molecular weight is 384 g/mol. The highest BCUT2D eigenvalue weighted by Crippen LogP contribution is 2.28. The van der Waals surface area contributed by atoms with Crippen LogP contribution in [0.2, 0.25) is 0 Å². The van der Waals surface area contributed by atoms with Gasteiger partial charge >= 0.3 is 0 Å². The predicted molar refractivity (Wildman–Crippen MR) is 87.6 cm³/mol. The third-order valence-corrected chi connectivity index (χ3v) is 4.35. The maximum absolute atomic E-state index is 13.4. The minimum absolute atomic E-state index is 0.231. The number of benzene rings is 2. The quantitative estimate of drug-likeness (QED) is 0.773. The molecule has 0 saturated heterocycles. The molecule has 6 heteroatoms. The summed E-state index contributed by atoms with van der Waals surface area (Å²) in [5, 5.41) is 0. The van der Waals surface area contributed by atoms with Crippen molar-refractivity contribution in [3.05, 3.63) is 63.6 Å². The lowest BCUT2D eigenvalue weighted by atomic mass is 10.1. The van der Waals surface area contributed by atoms with E-state index in [1.54, 1.807) is 39.3 Å². The number of hydrogen-bond donors (Lipinski definition) is 0. The first kappa shape index (κ1) is 17.4. The van der Waals surface area contributed by atoms with Crippen LogP contribution in [-0.2, 0) is 0 Å². The molecule has 0 unspecified atom stereocenters. The molecule has 3 nitrogen and oxygen atoms in total. The van der Waals surface area contributed by atoms with Crippen LogP contribution in [-0.4, -0.2) is 25.0 Å². The molecule has 0 fully saturated rings. The molecular weight excluding hydrogens is 368 g/mol. The lowest BCUT2D eigenvalue weighted by molar-refractivity contribution is 0.0742. The third-order valence-electron chi connectivity index (χ3n) is 3.73. The zero-order chi connectivity index (χ0) is 17.1. The molecular formula is C17H16BrF2NO2. The fourth-order valence-electron chi connectivity index (χ4n) is 2.17. The van der Waals surface area contributed by atoms with E-state index in [2.05, 4.69) is 15.9 Å². The molecule has 0 saturated carbocycles. The summed E-state index contributed by atoms with van der Waals surface area (Å²) in [7, 11) is 3.16. The predicted octanol–water partition coefficient (Wildman–Crippen LogP) is 4.57. The molecule has 23 heavy (non-hydrogen) atoms. The van der Waals surface area contributed by atoms with Gasteiger partial charge in [0.05, 0.1) is 17.6 Å². The second kappa shape index (κ2) is 7.08. The number of nitrogens with zero attached hydrogens (tertiary/aromatic N) is 1. The Kier molecular flexibility index (Phi) is 5.36. The zero-order valence-corrected chi connectivity index (χ0v) is 14.5. The number of methoxy groups -OCH3 is 1. The summed E-state index contributed by atoms with van der Waals surface area (Å²) in [6.07, 6.45) is 0. The average Bonchev–Trinajstić information content (AvgIpc) is 2.55. The second-order valence-corrected chi connectivity index (χ2v) is 5.97. The van der Waals surface area contributed by atoms with Crippen molar-refractivity contribution in [1.29, 1.82) is 0 Å². The Morgan fingerprint density at radius 2 is 1.87 bits per heavy atom. The standard InChI is InChI=1S/C17H16BrF2NO2/c1-10(11-4-6-14(19)15(20)9-11)21(2)17(22)12-5-7-16(23-3)13(18)8-12/h4-10H,1-3H3/t10-/m1/s1. The summed E-state index contributed by atoms with van der Waals surface area (Å²) >= 11 is 3.34. The molecule has 0 aliphatic heterocycles. The van der Waals surface area contributed by atoms with Crippen molar-refractivity contribution in [3.63, 3.8) is 0 Å². The van der Waals surface area contributed by atoms with Crippen LogP contribution in [0.5, 0.6) is 5.75 Å². The topological polar surface area (TPSA) is 29.5 Å². The smallest absolute Gasteiger partial charge is 0.254 e. The number of carbonyl (C=O) groups is 1. The Morgan fingerprint density at radius 1 is 1.17 bits per heavy atom. The number of carbonyl (C=O) groups excluding carboxylic acids is 1. The molecule has 0 aliphatic carbocycles. The molecule has 0 radical (unpaired) electrons. The molecule has 2 aromatic carbocycles. The van der Waals surface area contributed by atoms with Crippen LogP contribution in [0.1, 0.15) is 28.9 Å². The minimum atomic E-state index is -0.928. The van der Waals surface area contributed by atoms with Gasteiger partial charge < -0.3 is 9.64 Å². The van der Waals surface area contributed by atoms with Crippen LogP contribution in [0, 0.1) is 11.6 Å². The number of ether oxygens (including phenoxy) is 1. The van der Waals surface area contributed by atoms with Gasteiger partial charge in [0, 0.05) is 12.6 Å². The summed E-state index contributed by atoms with van der Waals surface area (Å²) in [6, 6.07) is 8.23. The van der Waals surface area contributed by atoms with E-state index in [0.717, 1.165) is 12.1 Å². The second-order valence-electron chi connectivity index (χ2n) is 5.11. The van der Waals surface area contributed by atoms with Crippen LogP contribution in [0.3, 0.4) is 0 Å². The van der Waals surface area contributed by atoms with Crippen molar-refractivity contribution in [2.24, 2.45) is 0 Å². The van der Waals surface area contributed by atoms with Crippen molar-refractivity contribution in [3.8, 4) is 5.75 Å². The van der Waals surface area contributed by atoms with Gasteiger partial charge in [0.1, 0.15) is 5.75 Å². The summed E-state index contributed by atoms with van der Waals surface area (Å²) in [6.45, 7) is 1.75. The van der Waals surface area contributed by atoms with E-state index in [0.29, 0.717) is 21.3 Å². The molecule has 0 N–H and O–H groups in total. The van der Waals surface area contributed by atoms with E-state index in [4.69, 9.17) is 4.74 Å². The highest BCUT2D eigenvalue weighted by atomic mass is 79.9. The van der Waals surface area contributed by atoms with E-state index >= 15 is 0 Å². The lowest BCUT2D eigenvalue weighted by Gasteiger charge is -2.25. The lowest BCUT2D eigenvalue weighted by Crippen LogP contribution is -2.29. The van der Waals surface area contributed by atoms with E-state index in [1.807, 2.05) is 0 Å². The van der Waals surface area contributed by atoms with E-state index in [-0.39, 0.29) is 5.91 Å². The monoisotopic (exact) mass is 383 g/mol. The largest absolute Gasteiger partial charge is 0.496 e. The first-order valence-electron chi connectivity index (χ1n) is 6.90. The Bertz CT molecular complexity index is 737. The molecule has 2 rings (SSSR count). The van der Waals surface area contributed by atoms with Crippen molar-refractivity contribution >= 4 is 21.8 Å². The molecule has 0 heterocycles. The molecule has 2 aromatic rings. The van der Waals surface area contributed by atoms with Crippen molar-refractivity contribution in [2.75, 3.05) is 14.2 Å². The molecule has 0 aromatic heterocycles. The van der Waals surface area contributed by atoms with Crippen LogP contribution >= 0.6 is 15.9 Å². The Morgan fingerprint density at radius 3 is 2.43 bits per heavy atom. The highest BCUT2D eigenvalue weighted by Gasteiger charge is 2.20. The summed E-state index contributed by atoms with van der Waals surface area (Å²) in [5.74, 6) is -1.44. The van der Waals surface area contributed by atoms with E-state index in [1.165, 1.54) is 11.0 Å². The van der Waals surface area contributed by atoms with E-state index in [9.17, 15) is 13.6 Å². The number of hydrogen-bond acceptors (Lipinski definition) is 2. The summed E-state index contributed by atoms with van der Waals surface area (Å²) in [4.78, 5) is 14.0. The number of rotatable bonds is 4. The van der Waals surface area contributed by atoms with Crippen molar-refractivity contribution in [1.82, 2.24) is 4.90 Å². The number of amides is 1. The van der Waals surface area contributed by atoms with Gasteiger partial charge in [-0.15, -0.1) is 0 Å². The van der Waals surface area contributed by atoms with Crippen LogP contribution < -0.4 is 4.74 Å². The molecule has 0 bridgehead atoms. The van der Waals surface area contributed by atoms with Crippen molar-refractivity contribution < 1.29 is 18.3 Å². The maximum atomic E-state index is 13.4. The van der Waals surface area contributed by atoms with Crippen LogP contribution in [0.15, 0.2) is 40.9 Å². The van der Waals surface area contributed by atoms with Crippen molar-refractivity contribution in [2.45, 2.75) is 13.0 Å². The van der Waals surface area contributed by atoms with Gasteiger partial charge in [-0.25, -0.2) is 8.78 Å². The van der Waals surface area contributed by atoms with Gasteiger partial charge in [-0.2, -0.15) is 0 Å². The first-order chi connectivity index (χ1) is 10.8. The SMILES string of the molecule is COc1ccc(C(=O)N(C)[C@H](C)c2ccc(F)c(F)c2)cc1Br. The molecule has 122 valence electrons. The van der Waals surface area contributed by atoms with Gasteiger partial charge in [0.2, 0.25) is 0 Å². The van der Waals surface area contributed by atoms with Crippen LogP contribution in [0.4, 0.5) is 8.78 Å². The maximum Gasteiger partial charge on any atom is 0.254 e. The molecule has 1 amide bonds. The van der Waals surface area contributed by atoms with Gasteiger partial charge in [0.15, 0.2) is 11.6 Å². The fraction of sp³-hybridized carbons (Fsp3) is 0.235. The van der Waals surface area contributed by atoms with Gasteiger partial charge in [-0.05, 0) is 58.7 Å². The minimum Gasteiger partial charge on any atom is -0.496 e. The third kappa shape index (κ3) is 3.69. The zero-order valence-electron chi connectivity index (χ0n) is 12.9. The van der Waals surface area contributed by atoms with Crippen LogP contribution in [0.25, 0.3) is 0 Å². The Balaban J connectivity index is 2.24. The molecule has 0 spiro atoms.